The molecule has 0 aliphatic heterocycles. The quantitative estimate of drug-likeness (QED) is 0.873. The Balaban J connectivity index is 2.69. The standard InChI is InChI=1S/C14H18BrNO3/c1-8(9(2)14(18)19)13(17)16-10(3)11-5-4-6-12(15)7-11/h4-10H,1-3H3,(H,16,17)(H,18,19)/t8?,9?,10-/m1/s1. The van der Waals surface area contributed by atoms with E-state index in [-0.39, 0.29) is 11.9 Å². The molecule has 2 N–H and O–H groups in total. The third-order valence-electron chi connectivity index (χ3n) is 3.26. The summed E-state index contributed by atoms with van der Waals surface area (Å²) in [6.07, 6.45) is 0. The maximum atomic E-state index is 12.0. The predicted molar refractivity (Wildman–Crippen MR) is 76.7 cm³/mol. The van der Waals surface area contributed by atoms with E-state index in [9.17, 15) is 9.59 Å². The lowest BCUT2D eigenvalue weighted by Crippen LogP contribution is -2.36. The number of carbonyl (C=O) groups excluding carboxylic acids is 1. The molecule has 4 nitrogen and oxygen atoms in total. The highest BCUT2D eigenvalue weighted by atomic mass is 79.9. The molecule has 0 saturated carbocycles. The fourth-order valence-electron chi connectivity index (χ4n) is 1.65. The highest BCUT2D eigenvalue weighted by Gasteiger charge is 2.26. The second-order valence-corrected chi connectivity index (χ2v) is 5.62. The maximum absolute atomic E-state index is 12.0. The van der Waals surface area contributed by atoms with Gasteiger partial charge in [-0.1, -0.05) is 41.9 Å². The Hall–Kier alpha value is -1.36. The van der Waals surface area contributed by atoms with Gasteiger partial charge in [0.1, 0.15) is 0 Å². The van der Waals surface area contributed by atoms with Gasteiger partial charge in [0.05, 0.1) is 12.0 Å². The normalized spacial score (nSPS) is 15.4. The van der Waals surface area contributed by atoms with Gasteiger partial charge in [0.25, 0.3) is 0 Å². The van der Waals surface area contributed by atoms with Crippen molar-refractivity contribution in [2.75, 3.05) is 0 Å². The fraction of sp³-hybridized carbons (Fsp3) is 0.429. The fourth-order valence-corrected chi connectivity index (χ4v) is 2.06. The second-order valence-electron chi connectivity index (χ2n) is 4.70. The van der Waals surface area contributed by atoms with Crippen molar-refractivity contribution < 1.29 is 14.7 Å². The number of benzene rings is 1. The van der Waals surface area contributed by atoms with Crippen LogP contribution in [0, 0.1) is 11.8 Å². The van der Waals surface area contributed by atoms with Gasteiger partial charge in [-0.05, 0) is 24.6 Å². The number of carboxylic acid groups (broad SMARTS) is 1. The van der Waals surface area contributed by atoms with E-state index in [0.29, 0.717) is 0 Å². The average molecular weight is 328 g/mol. The summed E-state index contributed by atoms with van der Waals surface area (Å²) >= 11 is 3.38. The molecule has 0 aliphatic rings. The first-order valence-electron chi connectivity index (χ1n) is 6.11. The molecule has 0 fully saturated rings. The summed E-state index contributed by atoms with van der Waals surface area (Å²) in [6, 6.07) is 7.49. The molecule has 1 amide bonds. The third-order valence-corrected chi connectivity index (χ3v) is 3.75. The van der Waals surface area contributed by atoms with Gasteiger partial charge in [-0.15, -0.1) is 0 Å². The topological polar surface area (TPSA) is 66.4 Å². The lowest BCUT2D eigenvalue weighted by molar-refractivity contribution is -0.146. The zero-order valence-corrected chi connectivity index (χ0v) is 12.8. The van der Waals surface area contributed by atoms with Crippen LogP contribution < -0.4 is 5.32 Å². The Morgan fingerprint density at radius 2 is 1.84 bits per heavy atom. The van der Waals surface area contributed by atoms with Crippen molar-refractivity contribution in [3.63, 3.8) is 0 Å². The Morgan fingerprint density at radius 1 is 1.21 bits per heavy atom. The highest BCUT2D eigenvalue weighted by molar-refractivity contribution is 9.10. The van der Waals surface area contributed by atoms with Gasteiger partial charge in [0.2, 0.25) is 5.91 Å². The first kappa shape index (κ1) is 15.7. The van der Waals surface area contributed by atoms with Crippen molar-refractivity contribution in [2.24, 2.45) is 11.8 Å². The average Bonchev–Trinajstić information content (AvgIpc) is 2.36. The monoisotopic (exact) mass is 327 g/mol. The van der Waals surface area contributed by atoms with E-state index in [1.807, 2.05) is 31.2 Å². The first-order valence-corrected chi connectivity index (χ1v) is 6.91. The minimum Gasteiger partial charge on any atom is -0.481 e. The lowest BCUT2D eigenvalue weighted by atomic mass is 9.94. The molecule has 2 unspecified atom stereocenters. The summed E-state index contributed by atoms with van der Waals surface area (Å²) in [5, 5.41) is 11.7. The Bertz CT molecular complexity index is 476. The lowest BCUT2D eigenvalue weighted by Gasteiger charge is -2.20. The van der Waals surface area contributed by atoms with E-state index in [4.69, 9.17) is 5.11 Å². The van der Waals surface area contributed by atoms with E-state index in [1.54, 1.807) is 6.92 Å². The van der Waals surface area contributed by atoms with Gasteiger partial charge in [-0.2, -0.15) is 0 Å². The molecule has 0 spiro atoms. The van der Waals surface area contributed by atoms with Gasteiger partial charge < -0.3 is 10.4 Å². The molecule has 104 valence electrons. The van der Waals surface area contributed by atoms with Crippen molar-refractivity contribution >= 4 is 27.8 Å². The number of carboxylic acids is 1. The van der Waals surface area contributed by atoms with Crippen LogP contribution in [0.5, 0.6) is 0 Å². The van der Waals surface area contributed by atoms with Crippen LogP contribution in [0.1, 0.15) is 32.4 Å². The van der Waals surface area contributed by atoms with Crippen LogP contribution in [-0.4, -0.2) is 17.0 Å². The first-order chi connectivity index (χ1) is 8.82. The minimum atomic E-state index is -0.960. The molecule has 3 atom stereocenters. The van der Waals surface area contributed by atoms with E-state index in [2.05, 4.69) is 21.2 Å². The number of amides is 1. The predicted octanol–water partition coefficient (Wildman–Crippen LogP) is 2.98. The summed E-state index contributed by atoms with van der Waals surface area (Å²) in [5.41, 5.74) is 0.970. The van der Waals surface area contributed by atoms with E-state index < -0.39 is 17.8 Å². The molecule has 19 heavy (non-hydrogen) atoms. The molecule has 0 heterocycles. The Morgan fingerprint density at radius 3 is 2.37 bits per heavy atom. The van der Waals surface area contributed by atoms with Crippen LogP contribution in [0.25, 0.3) is 0 Å². The third kappa shape index (κ3) is 4.35. The van der Waals surface area contributed by atoms with Gasteiger partial charge in [0, 0.05) is 10.4 Å². The smallest absolute Gasteiger partial charge is 0.307 e. The van der Waals surface area contributed by atoms with Crippen LogP contribution >= 0.6 is 15.9 Å². The molecule has 0 saturated heterocycles. The SMILES string of the molecule is CC(C(=O)O)C(C)C(=O)N[C@H](C)c1cccc(Br)c1. The Labute approximate surface area is 121 Å². The molecule has 1 aromatic rings. The number of aliphatic carboxylic acids is 1. The van der Waals surface area contributed by atoms with Gasteiger partial charge in [-0.25, -0.2) is 0 Å². The molecule has 1 aromatic carbocycles. The molecule has 0 radical (unpaired) electrons. The molecular formula is C14H18BrNO3. The van der Waals surface area contributed by atoms with E-state index >= 15 is 0 Å². The van der Waals surface area contributed by atoms with Gasteiger partial charge >= 0.3 is 5.97 Å². The highest BCUT2D eigenvalue weighted by Crippen LogP contribution is 2.19. The summed E-state index contributed by atoms with van der Waals surface area (Å²) in [4.78, 5) is 22.8. The molecule has 5 heteroatoms. The van der Waals surface area contributed by atoms with Crippen LogP contribution in [-0.2, 0) is 9.59 Å². The molecule has 0 bridgehead atoms. The van der Waals surface area contributed by atoms with Gasteiger partial charge in [0.15, 0.2) is 0 Å². The number of carbonyl (C=O) groups is 2. The van der Waals surface area contributed by atoms with E-state index in [1.165, 1.54) is 6.92 Å². The molecule has 0 aromatic heterocycles. The second kappa shape index (κ2) is 6.70. The number of rotatable bonds is 5. The van der Waals surface area contributed by atoms with Crippen LogP contribution in [0.3, 0.4) is 0 Å². The zero-order chi connectivity index (χ0) is 14.6. The Kier molecular flexibility index (Phi) is 5.54. The largest absolute Gasteiger partial charge is 0.481 e. The molecule has 0 aliphatic carbocycles. The van der Waals surface area contributed by atoms with Crippen LogP contribution in [0.2, 0.25) is 0 Å². The summed E-state index contributed by atoms with van der Waals surface area (Å²) < 4.78 is 0.943. The van der Waals surface area contributed by atoms with Crippen molar-refractivity contribution in [1.29, 1.82) is 0 Å². The van der Waals surface area contributed by atoms with Crippen molar-refractivity contribution in [1.82, 2.24) is 5.32 Å². The minimum absolute atomic E-state index is 0.159. The van der Waals surface area contributed by atoms with Crippen molar-refractivity contribution in [3.8, 4) is 0 Å². The van der Waals surface area contributed by atoms with Gasteiger partial charge in [-0.3, -0.25) is 9.59 Å². The van der Waals surface area contributed by atoms with E-state index in [0.717, 1.165) is 10.0 Å². The maximum Gasteiger partial charge on any atom is 0.307 e. The zero-order valence-electron chi connectivity index (χ0n) is 11.2. The van der Waals surface area contributed by atoms with Crippen LogP contribution in [0.15, 0.2) is 28.7 Å². The summed E-state index contributed by atoms with van der Waals surface area (Å²) in [6.45, 7) is 5.04. The van der Waals surface area contributed by atoms with Crippen molar-refractivity contribution in [2.45, 2.75) is 26.8 Å². The number of hydrogen-bond donors (Lipinski definition) is 2. The summed E-state index contributed by atoms with van der Waals surface area (Å²) in [5.74, 6) is -2.47. The molecule has 1 rings (SSSR count). The number of nitrogens with one attached hydrogen (secondary N) is 1. The number of hydrogen-bond acceptors (Lipinski definition) is 2. The van der Waals surface area contributed by atoms with Crippen molar-refractivity contribution in [3.05, 3.63) is 34.3 Å². The molecular weight excluding hydrogens is 310 g/mol. The number of halogens is 1. The summed E-state index contributed by atoms with van der Waals surface area (Å²) in [7, 11) is 0. The van der Waals surface area contributed by atoms with Crippen LogP contribution in [0.4, 0.5) is 0 Å².